The number of amides is 1. The van der Waals surface area contributed by atoms with E-state index in [0.717, 1.165) is 14.7 Å². The third-order valence-corrected chi connectivity index (χ3v) is 7.46. The van der Waals surface area contributed by atoms with Crippen molar-refractivity contribution < 1.29 is 13.2 Å². The predicted octanol–water partition coefficient (Wildman–Crippen LogP) is 4.61. The van der Waals surface area contributed by atoms with Crippen molar-refractivity contribution >= 4 is 38.7 Å². The van der Waals surface area contributed by atoms with Gasteiger partial charge in [-0.15, -0.1) is 11.3 Å². The van der Waals surface area contributed by atoms with Crippen molar-refractivity contribution in [3.8, 4) is 0 Å². The smallest absolute Gasteiger partial charge is 0.264 e. The molecule has 0 spiro atoms. The van der Waals surface area contributed by atoms with Crippen LogP contribution in [0.25, 0.3) is 0 Å². The maximum atomic E-state index is 13.3. The van der Waals surface area contributed by atoms with Gasteiger partial charge in [-0.2, -0.15) is 5.10 Å². The normalized spacial score (nSPS) is 12.1. The Bertz CT molecular complexity index is 1140. The number of benzene rings is 2. The first-order valence-corrected chi connectivity index (χ1v) is 12.2. The van der Waals surface area contributed by atoms with Crippen LogP contribution in [0.3, 0.4) is 0 Å². The Hall–Kier alpha value is -2.97. The van der Waals surface area contributed by atoms with E-state index in [4.69, 9.17) is 0 Å². The summed E-state index contributed by atoms with van der Waals surface area (Å²) in [6.45, 7) is 5.53. The summed E-state index contributed by atoms with van der Waals surface area (Å²) in [6, 6.07) is 19.1. The minimum absolute atomic E-state index is 0.119. The minimum Gasteiger partial charge on any atom is -0.271 e. The van der Waals surface area contributed by atoms with Crippen LogP contribution in [-0.2, 0) is 14.8 Å². The fraction of sp³-hybridized carbons (Fsp3) is 0.217. The molecule has 1 aromatic heterocycles. The fourth-order valence-electron chi connectivity index (χ4n) is 2.91. The minimum atomic E-state index is -3.94. The SMILES string of the molecule is C/C(=N/NC(=O)CN(c1ccc(C(C)C)cc1)S(=O)(=O)c1ccccc1)c1cccs1. The number of nitrogens with zero attached hydrogens (tertiary/aromatic N) is 2. The highest BCUT2D eigenvalue weighted by atomic mass is 32.2. The van der Waals surface area contributed by atoms with E-state index in [9.17, 15) is 13.2 Å². The highest BCUT2D eigenvalue weighted by Gasteiger charge is 2.27. The Morgan fingerprint density at radius 3 is 2.29 bits per heavy atom. The van der Waals surface area contributed by atoms with Crippen LogP contribution in [0, 0.1) is 0 Å². The van der Waals surface area contributed by atoms with Crippen LogP contribution in [0.5, 0.6) is 0 Å². The van der Waals surface area contributed by atoms with Gasteiger partial charge in [-0.1, -0.05) is 50.2 Å². The van der Waals surface area contributed by atoms with E-state index < -0.39 is 15.9 Å². The molecule has 3 rings (SSSR count). The van der Waals surface area contributed by atoms with Gasteiger partial charge in [-0.25, -0.2) is 13.8 Å². The number of carbonyl (C=O) groups excluding carboxylic acids is 1. The van der Waals surface area contributed by atoms with Crippen molar-refractivity contribution in [2.75, 3.05) is 10.8 Å². The lowest BCUT2D eigenvalue weighted by molar-refractivity contribution is -0.119. The monoisotopic (exact) mass is 455 g/mol. The standard InChI is InChI=1S/C23H25N3O3S2/c1-17(2)19-11-13-20(14-12-19)26(31(28,29)21-8-5-4-6-9-21)16-23(27)25-24-18(3)22-10-7-15-30-22/h4-15,17H,16H2,1-3H3,(H,25,27)/b24-18-. The van der Waals surface area contributed by atoms with Crippen molar-refractivity contribution in [2.24, 2.45) is 5.10 Å². The average molecular weight is 456 g/mol. The number of anilines is 1. The highest BCUT2D eigenvalue weighted by molar-refractivity contribution is 7.92. The molecule has 31 heavy (non-hydrogen) atoms. The molecular formula is C23H25N3O3S2. The summed E-state index contributed by atoms with van der Waals surface area (Å²) >= 11 is 1.51. The third-order valence-electron chi connectivity index (χ3n) is 4.69. The quantitative estimate of drug-likeness (QED) is 0.398. The van der Waals surface area contributed by atoms with Crippen LogP contribution in [0.1, 0.15) is 37.1 Å². The summed E-state index contributed by atoms with van der Waals surface area (Å²) in [5, 5.41) is 6.03. The molecule has 8 heteroatoms. The number of hydrazone groups is 1. The zero-order valence-corrected chi connectivity index (χ0v) is 19.3. The van der Waals surface area contributed by atoms with Crippen molar-refractivity contribution in [3.63, 3.8) is 0 Å². The van der Waals surface area contributed by atoms with Gasteiger partial charge in [0.25, 0.3) is 15.9 Å². The molecule has 1 amide bonds. The van der Waals surface area contributed by atoms with Crippen LogP contribution in [0.4, 0.5) is 5.69 Å². The third kappa shape index (κ3) is 5.59. The number of hydrogen-bond acceptors (Lipinski definition) is 5. The molecule has 0 unspecified atom stereocenters. The van der Waals surface area contributed by atoms with Crippen molar-refractivity contribution in [3.05, 3.63) is 82.6 Å². The lowest BCUT2D eigenvalue weighted by Gasteiger charge is -2.24. The molecule has 162 valence electrons. The van der Waals surface area contributed by atoms with Crippen molar-refractivity contribution in [1.82, 2.24) is 5.43 Å². The largest absolute Gasteiger partial charge is 0.271 e. The van der Waals surface area contributed by atoms with Gasteiger partial charge in [0.2, 0.25) is 0 Å². The lowest BCUT2D eigenvalue weighted by atomic mass is 10.0. The summed E-state index contributed by atoms with van der Waals surface area (Å²) in [5.41, 5.74) is 4.63. The lowest BCUT2D eigenvalue weighted by Crippen LogP contribution is -2.39. The average Bonchev–Trinajstić information content (AvgIpc) is 3.31. The Labute approximate surface area is 187 Å². The van der Waals surface area contributed by atoms with Crippen LogP contribution in [-0.4, -0.2) is 26.6 Å². The Morgan fingerprint density at radius 2 is 1.71 bits per heavy atom. The first-order valence-electron chi connectivity index (χ1n) is 9.84. The number of rotatable bonds is 8. The Balaban J connectivity index is 1.88. The molecule has 0 saturated carbocycles. The van der Waals surface area contributed by atoms with E-state index in [1.807, 2.05) is 29.6 Å². The first kappa shape index (κ1) is 22.7. The summed E-state index contributed by atoms with van der Waals surface area (Å²) in [4.78, 5) is 13.7. The number of sulfonamides is 1. The first-order chi connectivity index (χ1) is 14.8. The molecule has 1 heterocycles. The molecule has 0 atom stereocenters. The maximum Gasteiger partial charge on any atom is 0.264 e. The van der Waals surface area contributed by atoms with Crippen LogP contribution in [0.15, 0.2) is 82.1 Å². The summed E-state index contributed by atoms with van der Waals surface area (Å²) in [5.74, 6) is -0.213. The van der Waals surface area contributed by atoms with Gasteiger partial charge < -0.3 is 0 Å². The molecule has 0 saturated heterocycles. The molecule has 1 N–H and O–H groups in total. The molecule has 0 fully saturated rings. The van der Waals surface area contributed by atoms with E-state index in [0.29, 0.717) is 17.3 Å². The van der Waals surface area contributed by atoms with E-state index in [2.05, 4.69) is 24.4 Å². The van der Waals surface area contributed by atoms with E-state index >= 15 is 0 Å². The topological polar surface area (TPSA) is 78.8 Å². The summed E-state index contributed by atoms with van der Waals surface area (Å²) in [6.07, 6.45) is 0. The Kier molecular flexibility index (Phi) is 7.25. The second-order valence-electron chi connectivity index (χ2n) is 7.28. The molecule has 0 bridgehead atoms. The molecule has 2 aromatic carbocycles. The number of thiophene rings is 1. The van der Waals surface area contributed by atoms with E-state index in [1.165, 1.54) is 23.5 Å². The molecule has 0 radical (unpaired) electrons. The van der Waals surface area contributed by atoms with E-state index in [1.54, 1.807) is 37.3 Å². The molecule has 0 aliphatic heterocycles. The van der Waals surface area contributed by atoms with Gasteiger partial charge in [0.05, 0.1) is 16.3 Å². The van der Waals surface area contributed by atoms with Crippen LogP contribution < -0.4 is 9.73 Å². The fourth-order valence-corrected chi connectivity index (χ4v) is 5.03. The van der Waals surface area contributed by atoms with Crippen LogP contribution in [0.2, 0.25) is 0 Å². The van der Waals surface area contributed by atoms with Crippen molar-refractivity contribution in [1.29, 1.82) is 0 Å². The van der Waals surface area contributed by atoms with Gasteiger partial charge >= 0.3 is 0 Å². The molecule has 0 aliphatic rings. The van der Waals surface area contributed by atoms with Gasteiger partial charge in [-0.3, -0.25) is 9.10 Å². The van der Waals surface area contributed by atoms with Crippen LogP contribution >= 0.6 is 11.3 Å². The molecule has 0 aliphatic carbocycles. The van der Waals surface area contributed by atoms with Gasteiger partial charge in [0, 0.05) is 4.88 Å². The predicted molar refractivity (Wildman–Crippen MR) is 126 cm³/mol. The zero-order valence-electron chi connectivity index (χ0n) is 17.6. The second kappa shape index (κ2) is 9.89. The number of nitrogens with one attached hydrogen (secondary N) is 1. The summed E-state index contributed by atoms with van der Waals surface area (Å²) in [7, 11) is -3.94. The Morgan fingerprint density at radius 1 is 1.03 bits per heavy atom. The van der Waals surface area contributed by atoms with Crippen molar-refractivity contribution in [2.45, 2.75) is 31.6 Å². The van der Waals surface area contributed by atoms with Gasteiger partial charge in [0.15, 0.2) is 0 Å². The van der Waals surface area contributed by atoms with Gasteiger partial charge in [-0.05, 0) is 54.1 Å². The number of carbonyl (C=O) groups is 1. The number of hydrogen-bond donors (Lipinski definition) is 1. The summed E-state index contributed by atoms with van der Waals surface area (Å²) < 4.78 is 27.8. The van der Waals surface area contributed by atoms with Gasteiger partial charge in [0.1, 0.15) is 6.54 Å². The molecule has 3 aromatic rings. The highest BCUT2D eigenvalue weighted by Crippen LogP contribution is 2.25. The second-order valence-corrected chi connectivity index (χ2v) is 10.1. The zero-order chi connectivity index (χ0) is 22.4. The molecular weight excluding hydrogens is 430 g/mol. The van der Waals surface area contributed by atoms with E-state index in [-0.39, 0.29) is 11.4 Å². The molecule has 6 nitrogen and oxygen atoms in total. The maximum absolute atomic E-state index is 13.3.